The fourth-order valence-corrected chi connectivity index (χ4v) is 1.61. The lowest BCUT2D eigenvalue weighted by atomic mass is 10.1. The van der Waals surface area contributed by atoms with E-state index in [-0.39, 0.29) is 12.5 Å². The Labute approximate surface area is 101 Å². The van der Waals surface area contributed by atoms with Gasteiger partial charge in [0, 0.05) is 12.8 Å². The first-order valence-electron chi connectivity index (χ1n) is 6.22. The van der Waals surface area contributed by atoms with Gasteiger partial charge in [0.2, 0.25) is 0 Å². The summed E-state index contributed by atoms with van der Waals surface area (Å²) in [6.45, 7) is 4.22. The summed E-state index contributed by atoms with van der Waals surface area (Å²) in [6, 6.07) is 0. The Morgan fingerprint density at radius 1 is 1.12 bits per heavy atom. The van der Waals surface area contributed by atoms with E-state index < -0.39 is 19.1 Å². The van der Waals surface area contributed by atoms with Crippen molar-refractivity contribution in [3.8, 4) is 0 Å². The first-order valence-corrected chi connectivity index (χ1v) is 6.22. The first kappa shape index (κ1) is 16.7. The second-order valence-corrected chi connectivity index (χ2v) is 4.06. The summed E-state index contributed by atoms with van der Waals surface area (Å²) in [7, 11) is 0. The van der Waals surface area contributed by atoms with Crippen LogP contribution < -0.4 is 0 Å². The average molecular weight is 256 g/mol. The van der Waals surface area contributed by atoms with E-state index in [2.05, 4.69) is 0 Å². The number of hydrogen-bond acceptors (Lipinski definition) is 2. The zero-order valence-corrected chi connectivity index (χ0v) is 10.8. The van der Waals surface area contributed by atoms with E-state index in [9.17, 15) is 13.2 Å². The summed E-state index contributed by atoms with van der Waals surface area (Å²) >= 11 is 0. The van der Waals surface area contributed by atoms with Gasteiger partial charge in [0.15, 0.2) is 6.86 Å². The van der Waals surface area contributed by atoms with Crippen molar-refractivity contribution < 1.29 is 22.6 Å². The van der Waals surface area contributed by atoms with Crippen LogP contribution in [0.5, 0.6) is 0 Å². The lowest BCUT2D eigenvalue weighted by Crippen LogP contribution is -2.31. The molecule has 5 heteroatoms. The maximum atomic E-state index is 13.1. The standard InChI is InChI=1S/C12H23F3O2/c1-4-7-11(17-12(14,15)6-3)8-10(5-2)16-9-13/h10-11H,4-9H2,1-3H3. The zero-order chi connectivity index (χ0) is 13.3. The van der Waals surface area contributed by atoms with Crippen molar-refractivity contribution >= 4 is 0 Å². The normalized spacial score (nSPS) is 15.9. The molecular formula is C12H23F3O2. The molecule has 0 amide bonds. The van der Waals surface area contributed by atoms with E-state index >= 15 is 0 Å². The van der Waals surface area contributed by atoms with Crippen molar-refractivity contribution in [3.05, 3.63) is 0 Å². The molecular weight excluding hydrogens is 233 g/mol. The minimum Gasteiger partial charge on any atom is -0.347 e. The lowest BCUT2D eigenvalue weighted by molar-refractivity contribution is -0.269. The van der Waals surface area contributed by atoms with Crippen molar-refractivity contribution in [3.63, 3.8) is 0 Å². The van der Waals surface area contributed by atoms with Crippen LogP contribution in [-0.2, 0) is 9.47 Å². The van der Waals surface area contributed by atoms with E-state index in [1.54, 1.807) is 0 Å². The Morgan fingerprint density at radius 2 is 1.76 bits per heavy atom. The third-order valence-corrected chi connectivity index (χ3v) is 2.64. The molecule has 0 aliphatic heterocycles. The van der Waals surface area contributed by atoms with Crippen molar-refractivity contribution in [1.29, 1.82) is 0 Å². The van der Waals surface area contributed by atoms with Gasteiger partial charge in [0.25, 0.3) is 0 Å². The summed E-state index contributed by atoms with van der Waals surface area (Å²) in [4.78, 5) is 0. The van der Waals surface area contributed by atoms with Crippen molar-refractivity contribution in [1.82, 2.24) is 0 Å². The molecule has 0 heterocycles. The van der Waals surface area contributed by atoms with Gasteiger partial charge in [-0.15, -0.1) is 0 Å². The average Bonchev–Trinajstić information content (AvgIpc) is 2.28. The van der Waals surface area contributed by atoms with Gasteiger partial charge < -0.3 is 9.47 Å². The van der Waals surface area contributed by atoms with Gasteiger partial charge in [-0.1, -0.05) is 27.2 Å². The molecule has 0 bridgehead atoms. The molecule has 0 aliphatic carbocycles. The highest BCUT2D eigenvalue weighted by Gasteiger charge is 2.32. The molecule has 2 unspecified atom stereocenters. The number of alkyl halides is 3. The maximum absolute atomic E-state index is 13.1. The molecule has 0 saturated heterocycles. The van der Waals surface area contributed by atoms with Gasteiger partial charge in [-0.05, 0) is 12.8 Å². The third kappa shape index (κ3) is 7.60. The van der Waals surface area contributed by atoms with E-state index in [4.69, 9.17) is 9.47 Å². The second-order valence-electron chi connectivity index (χ2n) is 4.06. The minimum atomic E-state index is -3.10. The predicted molar refractivity (Wildman–Crippen MR) is 60.8 cm³/mol. The number of ether oxygens (including phenoxy) is 2. The topological polar surface area (TPSA) is 18.5 Å². The van der Waals surface area contributed by atoms with Gasteiger partial charge in [-0.3, -0.25) is 0 Å². The van der Waals surface area contributed by atoms with Crippen LogP contribution in [0.15, 0.2) is 0 Å². The number of hydrogen-bond donors (Lipinski definition) is 0. The van der Waals surface area contributed by atoms with E-state index in [0.717, 1.165) is 6.42 Å². The molecule has 0 aromatic heterocycles. The summed E-state index contributed by atoms with van der Waals surface area (Å²) in [5.41, 5.74) is 0. The monoisotopic (exact) mass is 256 g/mol. The zero-order valence-electron chi connectivity index (χ0n) is 10.8. The van der Waals surface area contributed by atoms with E-state index in [0.29, 0.717) is 19.3 Å². The minimum absolute atomic E-state index is 0.309. The van der Waals surface area contributed by atoms with Gasteiger partial charge in [-0.2, -0.15) is 8.78 Å². The quantitative estimate of drug-likeness (QED) is 0.580. The van der Waals surface area contributed by atoms with Gasteiger partial charge in [0.05, 0.1) is 12.2 Å². The largest absolute Gasteiger partial charge is 0.355 e. The van der Waals surface area contributed by atoms with Crippen LogP contribution in [0, 0.1) is 0 Å². The van der Waals surface area contributed by atoms with Crippen LogP contribution in [-0.4, -0.2) is 25.2 Å². The Morgan fingerprint density at radius 3 is 2.18 bits per heavy atom. The van der Waals surface area contributed by atoms with Crippen LogP contribution in [0.2, 0.25) is 0 Å². The predicted octanol–water partition coefficient (Wildman–Crippen LogP) is 4.29. The Kier molecular flexibility index (Phi) is 8.60. The van der Waals surface area contributed by atoms with Crippen LogP contribution in [0.3, 0.4) is 0 Å². The Bertz CT molecular complexity index is 189. The summed E-state index contributed by atoms with van der Waals surface area (Å²) < 4.78 is 47.9. The number of halogens is 3. The molecule has 2 atom stereocenters. The Balaban J connectivity index is 4.30. The highest BCUT2D eigenvalue weighted by Crippen LogP contribution is 2.26. The molecule has 0 aliphatic rings. The van der Waals surface area contributed by atoms with Crippen molar-refractivity contribution in [2.24, 2.45) is 0 Å². The molecule has 17 heavy (non-hydrogen) atoms. The van der Waals surface area contributed by atoms with Crippen LogP contribution in [0.4, 0.5) is 13.2 Å². The summed E-state index contributed by atoms with van der Waals surface area (Å²) in [5.74, 6) is 0. The number of rotatable bonds is 10. The third-order valence-electron chi connectivity index (χ3n) is 2.64. The highest BCUT2D eigenvalue weighted by molar-refractivity contribution is 4.67. The van der Waals surface area contributed by atoms with Crippen LogP contribution >= 0.6 is 0 Å². The molecule has 0 spiro atoms. The van der Waals surface area contributed by atoms with Gasteiger partial charge in [-0.25, -0.2) is 4.39 Å². The molecule has 2 nitrogen and oxygen atoms in total. The molecule has 0 radical (unpaired) electrons. The van der Waals surface area contributed by atoms with Crippen molar-refractivity contribution in [2.75, 3.05) is 6.86 Å². The van der Waals surface area contributed by atoms with Crippen molar-refractivity contribution in [2.45, 2.75) is 71.2 Å². The van der Waals surface area contributed by atoms with Crippen LogP contribution in [0.25, 0.3) is 0 Å². The summed E-state index contributed by atoms with van der Waals surface area (Å²) in [5, 5.41) is 0. The lowest BCUT2D eigenvalue weighted by Gasteiger charge is -2.26. The fraction of sp³-hybridized carbons (Fsp3) is 1.00. The maximum Gasteiger partial charge on any atom is 0.355 e. The molecule has 0 aromatic rings. The molecule has 0 N–H and O–H groups in total. The molecule has 0 rings (SSSR count). The summed E-state index contributed by atoms with van der Waals surface area (Å²) in [6.07, 6.45) is -2.22. The van der Waals surface area contributed by atoms with Gasteiger partial charge >= 0.3 is 6.11 Å². The SMILES string of the molecule is CCCC(CC(CC)OCF)OC(F)(F)CC. The van der Waals surface area contributed by atoms with Gasteiger partial charge in [0.1, 0.15) is 0 Å². The Hall–Kier alpha value is -0.290. The molecule has 0 saturated carbocycles. The van der Waals surface area contributed by atoms with Crippen LogP contribution in [0.1, 0.15) is 52.9 Å². The smallest absolute Gasteiger partial charge is 0.347 e. The van der Waals surface area contributed by atoms with E-state index in [1.807, 2.05) is 13.8 Å². The molecule has 0 fully saturated rings. The first-order chi connectivity index (χ1) is 7.99. The molecule has 0 aromatic carbocycles. The fourth-order valence-electron chi connectivity index (χ4n) is 1.61. The van der Waals surface area contributed by atoms with E-state index in [1.165, 1.54) is 6.92 Å². The second kappa shape index (κ2) is 8.75. The molecule has 104 valence electrons. The highest BCUT2D eigenvalue weighted by atomic mass is 19.3.